The summed E-state index contributed by atoms with van der Waals surface area (Å²) in [4.78, 5) is 22.3. The molecule has 136 valence electrons. The van der Waals surface area contributed by atoms with E-state index in [1.165, 1.54) is 19.4 Å². The Hall–Kier alpha value is -3.42. The predicted octanol–water partition coefficient (Wildman–Crippen LogP) is 2.62. The molecular formula is C18H19N3O5. The molecule has 0 aromatic heterocycles. The molecule has 0 spiro atoms. The van der Waals surface area contributed by atoms with E-state index in [2.05, 4.69) is 10.5 Å². The van der Waals surface area contributed by atoms with Crippen LogP contribution in [-0.2, 0) is 11.2 Å². The van der Waals surface area contributed by atoms with E-state index in [9.17, 15) is 20.0 Å². The van der Waals surface area contributed by atoms with Crippen molar-refractivity contribution in [3.05, 3.63) is 62.7 Å². The lowest BCUT2D eigenvalue weighted by molar-refractivity contribution is -0.386. The maximum absolute atomic E-state index is 12.0. The second-order valence-electron chi connectivity index (χ2n) is 5.75. The molecule has 2 aromatic carbocycles. The summed E-state index contributed by atoms with van der Waals surface area (Å²) in [7, 11) is 1.28. The van der Waals surface area contributed by atoms with Gasteiger partial charge in [-0.25, -0.2) is 5.43 Å². The molecule has 0 saturated heterocycles. The van der Waals surface area contributed by atoms with Gasteiger partial charge in [0.1, 0.15) is 0 Å². The summed E-state index contributed by atoms with van der Waals surface area (Å²) < 4.78 is 4.90. The Morgan fingerprint density at radius 3 is 2.73 bits per heavy atom. The summed E-state index contributed by atoms with van der Waals surface area (Å²) in [6.45, 7) is 3.87. The lowest BCUT2D eigenvalue weighted by Crippen LogP contribution is -2.20. The van der Waals surface area contributed by atoms with Gasteiger partial charge >= 0.3 is 5.69 Å². The van der Waals surface area contributed by atoms with Crippen molar-refractivity contribution in [2.24, 2.45) is 5.10 Å². The fourth-order valence-corrected chi connectivity index (χ4v) is 2.37. The number of nitrogens with zero attached hydrogens (tertiary/aromatic N) is 2. The van der Waals surface area contributed by atoms with Gasteiger partial charge in [0.25, 0.3) is 0 Å². The zero-order valence-corrected chi connectivity index (χ0v) is 14.6. The van der Waals surface area contributed by atoms with Crippen LogP contribution in [0, 0.1) is 24.0 Å². The van der Waals surface area contributed by atoms with Crippen LogP contribution in [-0.4, -0.2) is 29.3 Å². The fraction of sp³-hybridized carbons (Fsp3) is 0.222. The SMILES string of the molecule is COc1cc(/C=N/NC(=O)Cc2cc(C)ccc2C)cc([N+](=O)[O-])c1O. The van der Waals surface area contributed by atoms with E-state index in [0.29, 0.717) is 5.56 Å². The van der Waals surface area contributed by atoms with E-state index in [1.807, 2.05) is 32.0 Å². The molecule has 8 heteroatoms. The van der Waals surface area contributed by atoms with E-state index < -0.39 is 16.4 Å². The van der Waals surface area contributed by atoms with E-state index in [0.717, 1.165) is 22.8 Å². The zero-order valence-electron chi connectivity index (χ0n) is 14.6. The van der Waals surface area contributed by atoms with Crippen LogP contribution in [0.15, 0.2) is 35.4 Å². The standard InChI is InChI=1S/C18H19N3O5/c1-11-4-5-12(2)14(6-11)9-17(22)20-19-10-13-7-15(21(24)25)18(23)16(8-13)26-3/h4-8,10,23H,9H2,1-3H3,(H,20,22)/b19-10+. The van der Waals surface area contributed by atoms with Crippen molar-refractivity contribution in [2.45, 2.75) is 20.3 Å². The van der Waals surface area contributed by atoms with Gasteiger partial charge in [0.15, 0.2) is 5.75 Å². The minimum Gasteiger partial charge on any atom is -0.500 e. The van der Waals surface area contributed by atoms with Crippen LogP contribution in [0.25, 0.3) is 0 Å². The van der Waals surface area contributed by atoms with Crippen LogP contribution < -0.4 is 10.2 Å². The Balaban J connectivity index is 2.10. The molecule has 2 rings (SSSR count). The Labute approximate surface area is 150 Å². The molecule has 2 N–H and O–H groups in total. The fourth-order valence-electron chi connectivity index (χ4n) is 2.37. The molecule has 0 aliphatic rings. The highest BCUT2D eigenvalue weighted by molar-refractivity contribution is 5.85. The molecule has 2 aromatic rings. The van der Waals surface area contributed by atoms with Crippen molar-refractivity contribution >= 4 is 17.8 Å². The van der Waals surface area contributed by atoms with Crippen molar-refractivity contribution < 1.29 is 19.6 Å². The highest BCUT2D eigenvalue weighted by Gasteiger charge is 2.19. The minimum absolute atomic E-state index is 0.0534. The number of benzene rings is 2. The number of nitro groups is 1. The first kappa shape index (κ1) is 18.9. The molecular weight excluding hydrogens is 338 g/mol. The van der Waals surface area contributed by atoms with Crippen molar-refractivity contribution in [2.75, 3.05) is 7.11 Å². The molecule has 1 amide bonds. The van der Waals surface area contributed by atoms with Gasteiger partial charge in [-0.05, 0) is 31.0 Å². The van der Waals surface area contributed by atoms with Gasteiger partial charge in [0.05, 0.1) is 24.7 Å². The summed E-state index contributed by atoms with van der Waals surface area (Å²) in [5, 5.41) is 24.5. The number of hydrazone groups is 1. The molecule has 0 fully saturated rings. The predicted molar refractivity (Wildman–Crippen MR) is 96.7 cm³/mol. The van der Waals surface area contributed by atoms with Crippen LogP contribution in [0.3, 0.4) is 0 Å². The number of aryl methyl sites for hydroxylation is 2. The number of amides is 1. The van der Waals surface area contributed by atoms with Crippen LogP contribution in [0.2, 0.25) is 0 Å². The highest BCUT2D eigenvalue weighted by atomic mass is 16.6. The summed E-state index contributed by atoms with van der Waals surface area (Å²) in [6, 6.07) is 8.37. The average molecular weight is 357 g/mol. The highest BCUT2D eigenvalue weighted by Crippen LogP contribution is 2.36. The number of ether oxygens (including phenoxy) is 1. The molecule has 0 bridgehead atoms. The van der Waals surface area contributed by atoms with E-state index in [1.54, 1.807) is 0 Å². The first-order chi connectivity index (χ1) is 12.3. The number of rotatable bonds is 6. The van der Waals surface area contributed by atoms with Gasteiger partial charge in [-0.3, -0.25) is 14.9 Å². The quantitative estimate of drug-likeness (QED) is 0.468. The van der Waals surface area contributed by atoms with Gasteiger partial charge in [0.2, 0.25) is 11.7 Å². The van der Waals surface area contributed by atoms with Gasteiger partial charge in [-0.15, -0.1) is 0 Å². The topological polar surface area (TPSA) is 114 Å². The Morgan fingerprint density at radius 2 is 2.08 bits per heavy atom. The second-order valence-corrected chi connectivity index (χ2v) is 5.75. The average Bonchev–Trinajstić information content (AvgIpc) is 2.59. The molecule has 0 aliphatic heterocycles. The molecule has 8 nitrogen and oxygen atoms in total. The Morgan fingerprint density at radius 1 is 1.35 bits per heavy atom. The zero-order chi connectivity index (χ0) is 19.3. The molecule has 0 radical (unpaired) electrons. The van der Waals surface area contributed by atoms with Crippen molar-refractivity contribution in [3.63, 3.8) is 0 Å². The second kappa shape index (κ2) is 8.11. The molecule has 0 heterocycles. The van der Waals surface area contributed by atoms with Gasteiger partial charge in [-0.1, -0.05) is 23.8 Å². The molecule has 26 heavy (non-hydrogen) atoms. The van der Waals surface area contributed by atoms with Crippen molar-refractivity contribution in [1.29, 1.82) is 0 Å². The van der Waals surface area contributed by atoms with Crippen LogP contribution in [0.4, 0.5) is 5.69 Å². The molecule has 0 atom stereocenters. The number of carbonyl (C=O) groups excluding carboxylic acids is 1. The minimum atomic E-state index is -0.728. The van der Waals surface area contributed by atoms with Gasteiger partial charge in [0, 0.05) is 11.6 Å². The van der Waals surface area contributed by atoms with Crippen LogP contribution in [0.5, 0.6) is 11.5 Å². The maximum atomic E-state index is 12.0. The van der Waals surface area contributed by atoms with E-state index in [4.69, 9.17) is 4.74 Å². The molecule has 0 aliphatic carbocycles. The number of phenols is 1. The first-order valence-corrected chi connectivity index (χ1v) is 7.75. The third kappa shape index (κ3) is 4.56. The largest absolute Gasteiger partial charge is 0.500 e. The summed E-state index contributed by atoms with van der Waals surface area (Å²) in [6.07, 6.45) is 1.42. The molecule has 0 saturated carbocycles. The third-order valence-electron chi connectivity index (χ3n) is 3.75. The number of nitro benzene ring substituents is 1. The Kier molecular flexibility index (Phi) is 5.90. The van der Waals surface area contributed by atoms with Gasteiger partial charge < -0.3 is 9.84 Å². The number of aromatic hydroxyl groups is 1. The first-order valence-electron chi connectivity index (χ1n) is 7.75. The summed E-state index contributed by atoms with van der Waals surface area (Å²) >= 11 is 0. The van der Waals surface area contributed by atoms with Crippen LogP contribution >= 0.6 is 0 Å². The van der Waals surface area contributed by atoms with E-state index >= 15 is 0 Å². The third-order valence-corrected chi connectivity index (χ3v) is 3.75. The monoisotopic (exact) mass is 357 g/mol. The summed E-state index contributed by atoms with van der Waals surface area (Å²) in [5.41, 5.74) is 5.15. The van der Waals surface area contributed by atoms with Crippen molar-refractivity contribution in [3.8, 4) is 11.5 Å². The number of hydrogen-bond donors (Lipinski definition) is 2. The summed E-state index contributed by atoms with van der Waals surface area (Å²) in [5.74, 6) is -0.925. The van der Waals surface area contributed by atoms with Gasteiger partial charge in [-0.2, -0.15) is 5.10 Å². The maximum Gasteiger partial charge on any atom is 0.315 e. The number of phenolic OH excluding ortho intramolecular Hbond substituents is 1. The lowest BCUT2D eigenvalue weighted by Gasteiger charge is -2.06. The number of nitrogens with one attached hydrogen (secondary N) is 1. The number of carbonyl (C=O) groups is 1. The normalized spacial score (nSPS) is 10.7. The smallest absolute Gasteiger partial charge is 0.315 e. The number of hydrogen-bond acceptors (Lipinski definition) is 6. The van der Waals surface area contributed by atoms with E-state index in [-0.39, 0.29) is 18.1 Å². The van der Waals surface area contributed by atoms with Crippen LogP contribution in [0.1, 0.15) is 22.3 Å². The molecule has 0 unspecified atom stereocenters. The van der Waals surface area contributed by atoms with Crippen molar-refractivity contribution in [1.82, 2.24) is 5.43 Å². The number of methoxy groups -OCH3 is 1. The lowest BCUT2D eigenvalue weighted by atomic mass is 10.0. The Bertz CT molecular complexity index is 877.